The number of fused-ring (bicyclic) bond motifs is 1. The first-order chi connectivity index (χ1) is 15.3. The van der Waals surface area contributed by atoms with Crippen LogP contribution in [0.4, 0.5) is 0 Å². The molecule has 1 saturated heterocycles. The molecule has 8 heteroatoms. The van der Waals surface area contributed by atoms with Crippen molar-refractivity contribution >= 4 is 38.4 Å². The number of hydrogen-bond donors (Lipinski definition) is 2. The van der Waals surface area contributed by atoms with Crippen molar-refractivity contribution in [2.24, 2.45) is 5.92 Å². The average molecular weight is 474 g/mol. The summed E-state index contributed by atoms with van der Waals surface area (Å²) in [6.07, 6.45) is 4.54. The molecule has 4 rings (SSSR count). The molecule has 0 saturated carbocycles. The fourth-order valence-corrected chi connectivity index (χ4v) is 6.06. The van der Waals surface area contributed by atoms with Gasteiger partial charge in [-0.25, -0.2) is 8.42 Å². The molecule has 32 heavy (non-hydrogen) atoms. The molecule has 1 amide bonds. The van der Waals surface area contributed by atoms with E-state index in [0.29, 0.717) is 42.3 Å². The molecular formula is C24H28ClN3O3S. The molecule has 2 aromatic carbocycles. The van der Waals surface area contributed by atoms with E-state index in [0.717, 1.165) is 23.9 Å². The number of nitrogens with zero attached hydrogens (tertiary/aromatic N) is 1. The molecule has 1 fully saturated rings. The van der Waals surface area contributed by atoms with Crippen LogP contribution < -0.4 is 4.72 Å². The van der Waals surface area contributed by atoms with Crippen molar-refractivity contribution in [2.45, 2.75) is 43.5 Å². The van der Waals surface area contributed by atoms with E-state index in [2.05, 4.69) is 16.6 Å². The number of carbonyl (C=O) groups excluding carboxylic acids is 1. The first-order valence-electron chi connectivity index (χ1n) is 11.0. The van der Waals surface area contributed by atoms with Crippen molar-refractivity contribution in [1.29, 1.82) is 0 Å². The van der Waals surface area contributed by atoms with Gasteiger partial charge in [0.15, 0.2) is 0 Å². The summed E-state index contributed by atoms with van der Waals surface area (Å²) in [4.78, 5) is 18.4. The summed E-state index contributed by atoms with van der Waals surface area (Å²) in [7, 11) is -3.92. The van der Waals surface area contributed by atoms with E-state index in [-0.39, 0.29) is 10.8 Å². The van der Waals surface area contributed by atoms with E-state index in [9.17, 15) is 13.2 Å². The maximum absolute atomic E-state index is 13.4. The molecule has 2 unspecified atom stereocenters. The Morgan fingerprint density at radius 1 is 1.22 bits per heavy atom. The van der Waals surface area contributed by atoms with Gasteiger partial charge in [0.1, 0.15) is 6.04 Å². The fraction of sp³-hybridized carbons (Fsp3) is 0.375. The van der Waals surface area contributed by atoms with Crippen LogP contribution in [-0.4, -0.2) is 43.3 Å². The minimum atomic E-state index is -3.92. The molecule has 2 atom stereocenters. The fourth-order valence-electron chi connectivity index (χ4n) is 4.39. The summed E-state index contributed by atoms with van der Waals surface area (Å²) in [5.74, 6) is 0.232. The zero-order valence-corrected chi connectivity index (χ0v) is 19.6. The zero-order chi connectivity index (χ0) is 22.7. The Balaban J connectivity index is 1.61. The number of H-pyrrole nitrogens is 1. The minimum Gasteiger partial charge on any atom is -0.361 e. The maximum Gasteiger partial charge on any atom is 0.241 e. The summed E-state index contributed by atoms with van der Waals surface area (Å²) in [6.45, 7) is 3.42. The Hall–Kier alpha value is -2.35. The molecule has 6 nitrogen and oxygen atoms in total. The van der Waals surface area contributed by atoms with Gasteiger partial charge in [-0.3, -0.25) is 4.79 Å². The Morgan fingerprint density at radius 3 is 2.81 bits per heavy atom. The first kappa shape index (κ1) is 22.8. The van der Waals surface area contributed by atoms with Crippen molar-refractivity contribution in [2.75, 3.05) is 13.1 Å². The van der Waals surface area contributed by atoms with Crippen molar-refractivity contribution in [3.05, 3.63) is 65.3 Å². The molecule has 3 aromatic rings. The monoisotopic (exact) mass is 473 g/mol. The predicted octanol–water partition coefficient (Wildman–Crippen LogP) is 4.36. The third kappa shape index (κ3) is 5.00. The number of aromatic amines is 1. The standard InChI is InChI=1S/C24H28ClN3O3S/c1-17-6-5-15-28(16-17)24(29)22(12-11-18-7-2-3-8-20(18)25)27-32(30,31)23-10-4-9-21-19(23)13-14-26-21/h2-4,7-10,13-14,17,22,26-27H,5-6,11-12,15-16H2,1H3. The predicted molar refractivity (Wildman–Crippen MR) is 127 cm³/mol. The third-order valence-corrected chi connectivity index (χ3v) is 7.97. The first-order valence-corrected chi connectivity index (χ1v) is 12.8. The molecule has 1 aromatic heterocycles. The number of aromatic nitrogens is 1. The quantitative estimate of drug-likeness (QED) is 0.534. The van der Waals surface area contributed by atoms with Crippen molar-refractivity contribution < 1.29 is 13.2 Å². The molecule has 0 bridgehead atoms. The van der Waals surface area contributed by atoms with Crippen LogP contribution in [0.25, 0.3) is 10.9 Å². The van der Waals surface area contributed by atoms with Gasteiger partial charge in [0.2, 0.25) is 15.9 Å². The smallest absolute Gasteiger partial charge is 0.241 e. The van der Waals surface area contributed by atoms with E-state index in [1.165, 1.54) is 0 Å². The second kappa shape index (κ2) is 9.65. The molecule has 2 heterocycles. The highest BCUT2D eigenvalue weighted by Gasteiger charge is 2.32. The van der Waals surface area contributed by atoms with E-state index in [1.54, 1.807) is 35.4 Å². The molecular weight excluding hydrogens is 446 g/mol. The number of likely N-dealkylation sites (tertiary alicyclic amines) is 1. The van der Waals surface area contributed by atoms with Gasteiger partial charge in [-0.15, -0.1) is 0 Å². The summed E-state index contributed by atoms with van der Waals surface area (Å²) >= 11 is 6.30. The topological polar surface area (TPSA) is 82.3 Å². The van der Waals surface area contributed by atoms with E-state index in [4.69, 9.17) is 11.6 Å². The van der Waals surface area contributed by atoms with Gasteiger partial charge < -0.3 is 9.88 Å². The van der Waals surface area contributed by atoms with Crippen LogP contribution in [0.5, 0.6) is 0 Å². The Bertz CT molecular complexity index is 1210. The van der Waals surface area contributed by atoms with Gasteiger partial charge in [0, 0.05) is 35.2 Å². The number of amides is 1. The van der Waals surface area contributed by atoms with Crippen molar-refractivity contribution in [3.63, 3.8) is 0 Å². The third-order valence-electron chi connectivity index (χ3n) is 6.07. The lowest BCUT2D eigenvalue weighted by Crippen LogP contribution is -2.51. The Labute approximate surface area is 194 Å². The van der Waals surface area contributed by atoms with Crippen LogP contribution in [0.2, 0.25) is 5.02 Å². The van der Waals surface area contributed by atoms with Crippen LogP contribution in [0, 0.1) is 5.92 Å². The Kier molecular flexibility index (Phi) is 6.88. The summed E-state index contributed by atoms with van der Waals surface area (Å²) in [5, 5.41) is 1.22. The van der Waals surface area contributed by atoms with Crippen LogP contribution in [-0.2, 0) is 21.2 Å². The lowest BCUT2D eigenvalue weighted by Gasteiger charge is -2.34. The van der Waals surface area contributed by atoms with Crippen molar-refractivity contribution in [1.82, 2.24) is 14.6 Å². The summed E-state index contributed by atoms with van der Waals surface area (Å²) in [5.41, 5.74) is 1.63. The molecule has 0 aliphatic carbocycles. The zero-order valence-electron chi connectivity index (χ0n) is 18.1. The van der Waals surface area contributed by atoms with Gasteiger partial charge >= 0.3 is 0 Å². The lowest BCUT2D eigenvalue weighted by atomic mass is 9.98. The molecule has 1 aliphatic rings. The van der Waals surface area contributed by atoms with E-state index < -0.39 is 16.1 Å². The van der Waals surface area contributed by atoms with Crippen LogP contribution >= 0.6 is 11.6 Å². The van der Waals surface area contributed by atoms with Gasteiger partial charge in [-0.2, -0.15) is 4.72 Å². The number of sulfonamides is 1. The highest BCUT2D eigenvalue weighted by Crippen LogP contribution is 2.24. The number of benzene rings is 2. The Morgan fingerprint density at radius 2 is 2.03 bits per heavy atom. The lowest BCUT2D eigenvalue weighted by molar-refractivity contribution is -0.134. The molecule has 0 spiro atoms. The average Bonchev–Trinajstić information content (AvgIpc) is 3.26. The normalized spacial score (nSPS) is 18.1. The molecule has 2 N–H and O–H groups in total. The molecule has 0 radical (unpaired) electrons. The van der Waals surface area contributed by atoms with E-state index >= 15 is 0 Å². The number of nitrogens with one attached hydrogen (secondary N) is 2. The second-order valence-corrected chi connectivity index (χ2v) is 10.6. The van der Waals surface area contributed by atoms with Gasteiger partial charge in [-0.1, -0.05) is 42.8 Å². The van der Waals surface area contributed by atoms with E-state index in [1.807, 2.05) is 24.3 Å². The number of hydrogen-bond acceptors (Lipinski definition) is 3. The highest BCUT2D eigenvalue weighted by molar-refractivity contribution is 7.89. The van der Waals surface area contributed by atoms with Gasteiger partial charge in [0.05, 0.1) is 4.90 Å². The van der Waals surface area contributed by atoms with Crippen LogP contribution in [0.3, 0.4) is 0 Å². The second-order valence-electron chi connectivity index (χ2n) is 8.53. The summed E-state index contributed by atoms with van der Waals surface area (Å²) < 4.78 is 29.4. The number of halogens is 1. The minimum absolute atomic E-state index is 0.166. The maximum atomic E-state index is 13.4. The molecule has 1 aliphatic heterocycles. The van der Waals surface area contributed by atoms with Gasteiger partial charge in [0.25, 0.3) is 0 Å². The number of aryl methyl sites for hydroxylation is 1. The van der Waals surface area contributed by atoms with Crippen molar-refractivity contribution in [3.8, 4) is 0 Å². The van der Waals surface area contributed by atoms with Crippen LogP contribution in [0.1, 0.15) is 31.7 Å². The number of carbonyl (C=O) groups is 1. The van der Waals surface area contributed by atoms with Gasteiger partial charge in [-0.05, 0) is 61.4 Å². The number of piperidine rings is 1. The number of rotatable bonds is 7. The molecule has 170 valence electrons. The SMILES string of the molecule is CC1CCCN(C(=O)C(CCc2ccccc2Cl)NS(=O)(=O)c2cccc3[nH]ccc23)C1. The highest BCUT2D eigenvalue weighted by atomic mass is 35.5. The largest absolute Gasteiger partial charge is 0.361 e. The summed E-state index contributed by atoms with van der Waals surface area (Å²) in [6, 6.07) is 13.4. The van der Waals surface area contributed by atoms with Crippen LogP contribution in [0.15, 0.2) is 59.6 Å².